The molecular formula is C14H16ClN3O2. The molecule has 3 N–H and O–H groups in total. The Labute approximate surface area is 121 Å². The number of aromatic amines is 1. The molecule has 1 aromatic heterocycles. The monoisotopic (exact) mass is 293 g/mol. The Balaban J connectivity index is 2.23. The normalized spacial score (nSPS) is 12.2. The Morgan fingerprint density at radius 1 is 1.40 bits per heavy atom. The molecule has 5 nitrogen and oxygen atoms in total. The highest BCUT2D eigenvalue weighted by molar-refractivity contribution is 6.18. The van der Waals surface area contributed by atoms with Crippen LogP contribution < -0.4 is 10.9 Å². The molecule has 1 unspecified atom stereocenters. The van der Waals surface area contributed by atoms with Crippen molar-refractivity contribution >= 4 is 17.3 Å². The molecule has 20 heavy (non-hydrogen) atoms. The van der Waals surface area contributed by atoms with Gasteiger partial charge in [0.05, 0.1) is 17.7 Å². The van der Waals surface area contributed by atoms with Crippen molar-refractivity contribution in [2.24, 2.45) is 0 Å². The van der Waals surface area contributed by atoms with Gasteiger partial charge in [-0.05, 0) is 24.6 Å². The summed E-state index contributed by atoms with van der Waals surface area (Å²) >= 11 is 5.57. The smallest absolute Gasteiger partial charge is 0.264 e. The van der Waals surface area contributed by atoms with Crippen LogP contribution in [-0.2, 0) is 0 Å². The van der Waals surface area contributed by atoms with Gasteiger partial charge >= 0.3 is 0 Å². The van der Waals surface area contributed by atoms with Crippen molar-refractivity contribution in [2.75, 3.05) is 17.7 Å². The van der Waals surface area contributed by atoms with Gasteiger partial charge in [0.2, 0.25) is 0 Å². The first-order chi connectivity index (χ1) is 9.60. The number of hydrogen-bond donors (Lipinski definition) is 3. The lowest BCUT2D eigenvalue weighted by Gasteiger charge is -2.13. The maximum atomic E-state index is 11.0. The van der Waals surface area contributed by atoms with Crippen molar-refractivity contribution in [1.29, 1.82) is 0 Å². The number of aliphatic hydroxyl groups excluding tert-OH is 1. The van der Waals surface area contributed by atoms with Crippen LogP contribution in [0.5, 0.6) is 0 Å². The highest BCUT2D eigenvalue weighted by atomic mass is 35.5. The Hall–Kier alpha value is -1.85. The molecule has 1 atom stereocenters. The summed E-state index contributed by atoms with van der Waals surface area (Å²) in [5, 5.41) is 19.0. The molecule has 2 aromatic rings. The van der Waals surface area contributed by atoms with E-state index in [0.717, 1.165) is 16.8 Å². The molecule has 2 rings (SSSR count). The molecule has 0 bridgehead atoms. The van der Waals surface area contributed by atoms with Gasteiger partial charge < -0.3 is 10.4 Å². The molecule has 6 heteroatoms. The number of hydrogen-bond acceptors (Lipinski definition) is 4. The lowest BCUT2D eigenvalue weighted by Crippen LogP contribution is -2.21. The second-order valence-electron chi connectivity index (χ2n) is 4.53. The van der Waals surface area contributed by atoms with E-state index in [9.17, 15) is 9.90 Å². The number of halogens is 1. The number of benzene rings is 1. The first kappa shape index (κ1) is 14.6. The third kappa shape index (κ3) is 3.59. The van der Waals surface area contributed by atoms with Crippen molar-refractivity contribution in [1.82, 2.24) is 10.2 Å². The molecular weight excluding hydrogens is 278 g/mol. The van der Waals surface area contributed by atoms with Crippen molar-refractivity contribution in [3.05, 3.63) is 46.2 Å². The van der Waals surface area contributed by atoms with E-state index in [1.807, 2.05) is 25.1 Å². The number of nitrogens with zero attached hydrogens (tertiary/aromatic N) is 1. The average Bonchev–Trinajstić information content (AvgIpc) is 2.47. The first-order valence-corrected chi connectivity index (χ1v) is 6.78. The molecule has 0 aliphatic rings. The maximum Gasteiger partial charge on any atom is 0.264 e. The third-order valence-corrected chi connectivity index (χ3v) is 3.27. The fourth-order valence-electron chi connectivity index (χ4n) is 1.76. The maximum absolute atomic E-state index is 11.0. The highest BCUT2D eigenvalue weighted by Gasteiger charge is 2.06. The van der Waals surface area contributed by atoms with Gasteiger partial charge in [0.25, 0.3) is 5.56 Å². The molecule has 0 radical (unpaired) electrons. The van der Waals surface area contributed by atoms with Crippen molar-refractivity contribution in [2.45, 2.75) is 13.0 Å². The predicted octanol–water partition coefficient (Wildman–Crippen LogP) is 1.76. The van der Waals surface area contributed by atoms with E-state index in [2.05, 4.69) is 15.5 Å². The van der Waals surface area contributed by atoms with Crippen molar-refractivity contribution in [3.63, 3.8) is 0 Å². The minimum Gasteiger partial charge on any atom is -0.390 e. The third-order valence-electron chi connectivity index (χ3n) is 2.92. The number of aryl methyl sites for hydroxylation is 1. The molecule has 0 saturated carbocycles. The molecule has 0 amide bonds. The Morgan fingerprint density at radius 3 is 2.85 bits per heavy atom. The average molecular weight is 294 g/mol. The Bertz CT molecular complexity index is 622. The topological polar surface area (TPSA) is 78.0 Å². The Morgan fingerprint density at radius 2 is 2.20 bits per heavy atom. The van der Waals surface area contributed by atoms with E-state index in [4.69, 9.17) is 11.6 Å². The zero-order chi connectivity index (χ0) is 14.5. The minimum atomic E-state index is -0.592. The highest BCUT2D eigenvalue weighted by Crippen LogP contribution is 2.23. The van der Waals surface area contributed by atoms with Crippen LogP contribution in [0.3, 0.4) is 0 Å². The van der Waals surface area contributed by atoms with E-state index in [-0.39, 0.29) is 11.4 Å². The second kappa shape index (κ2) is 6.54. The van der Waals surface area contributed by atoms with Gasteiger partial charge in [0.1, 0.15) is 0 Å². The lowest BCUT2D eigenvalue weighted by molar-refractivity contribution is 0.211. The predicted molar refractivity (Wildman–Crippen MR) is 80.2 cm³/mol. The molecule has 0 saturated heterocycles. The van der Waals surface area contributed by atoms with Gasteiger partial charge in [-0.3, -0.25) is 4.79 Å². The van der Waals surface area contributed by atoms with Gasteiger partial charge in [-0.1, -0.05) is 12.1 Å². The zero-order valence-electron chi connectivity index (χ0n) is 11.1. The Kier molecular flexibility index (Phi) is 4.76. The van der Waals surface area contributed by atoms with Gasteiger partial charge in [0.15, 0.2) is 0 Å². The van der Waals surface area contributed by atoms with E-state index < -0.39 is 6.10 Å². The number of nitrogens with one attached hydrogen (secondary N) is 2. The van der Waals surface area contributed by atoms with Crippen LogP contribution in [0, 0.1) is 6.92 Å². The molecule has 0 spiro atoms. The molecule has 106 valence electrons. The summed E-state index contributed by atoms with van der Waals surface area (Å²) in [5.74, 6) is 0.188. The number of H-pyrrole nitrogens is 1. The largest absolute Gasteiger partial charge is 0.390 e. The van der Waals surface area contributed by atoms with Crippen molar-refractivity contribution in [3.8, 4) is 11.3 Å². The molecule has 0 aliphatic carbocycles. The fraction of sp³-hybridized carbons (Fsp3) is 0.286. The summed E-state index contributed by atoms with van der Waals surface area (Å²) in [5.41, 5.74) is 3.30. The summed E-state index contributed by atoms with van der Waals surface area (Å²) in [7, 11) is 0. The first-order valence-electron chi connectivity index (χ1n) is 6.25. The summed E-state index contributed by atoms with van der Waals surface area (Å²) < 4.78 is 0. The lowest BCUT2D eigenvalue weighted by atomic mass is 10.1. The van der Waals surface area contributed by atoms with E-state index >= 15 is 0 Å². The van der Waals surface area contributed by atoms with E-state index in [1.54, 1.807) is 6.07 Å². The summed E-state index contributed by atoms with van der Waals surface area (Å²) in [6.07, 6.45) is -0.592. The van der Waals surface area contributed by atoms with Crippen LogP contribution in [0.2, 0.25) is 0 Å². The fourth-order valence-corrected chi connectivity index (χ4v) is 1.87. The summed E-state index contributed by atoms with van der Waals surface area (Å²) in [6, 6.07) is 8.92. The molecule has 0 aliphatic heterocycles. The van der Waals surface area contributed by atoms with Gasteiger partial charge in [-0.15, -0.1) is 11.6 Å². The van der Waals surface area contributed by atoms with Crippen LogP contribution in [-0.4, -0.2) is 33.8 Å². The minimum absolute atomic E-state index is 0.188. The number of aliphatic hydroxyl groups is 1. The molecule has 1 heterocycles. The van der Waals surface area contributed by atoms with Gasteiger partial charge in [0, 0.05) is 23.9 Å². The van der Waals surface area contributed by atoms with Crippen molar-refractivity contribution < 1.29 is 5.11 Å². The van der Waals surface area contributed by atoms with Crippen LogP contribution in [0.25, 0.3) is 11.3 Å². The standard InChI is InChI=1S/C14H16ClN3O2/c1-9-2-3-10(12-4-5-14(20)18-17-12)6-13(9)16-8-11(19)7-15/h2-6,11,16,19H,7-8H2,1H3,(H,18,20). The number of rotatable bonds is 5. The quantitative estimate of drug-likeness (QED) is 0.734. The molecule has 0 fully saturated rings. The van der Waals surface area contributed by atoms with E-state index in [1.165, 1.54) is 6.07 Å². The van der Waals surface area contributed by atoms with Crippen LogP contribution >= 0.6 is 11.6 Å². The molecule has 1 aromatic carbocycles. The number of aromatic nitrogens is 2. The zero-order valence-corrected chi connectivity index (χ0v) is 11.8. The van der Waals surface area contributed by atoms with Gasteiger partial charge in [-0.2, -0.15) is 5.10 Å². The second-order valence-corrected chi connectivity index (χ2v) is 4.83. The van der Waals surface area contributed by atoms with E-state index in [0.29, 0.717) is 12.2 Å². The van der Waals surface area contributed by atoms with Crippen LogP contribution in [0.15, 0.2) is 35.1 Å². The van der Waals surface area contributed by atoms with Gasteiger partial charge in [-0.25, -0.2) is 5.10 Å². The number of alkyl halides is 1. The van der Waals surface area contributed by atoms with Crippen LogP contribution in [0.4, 0.5) is 5.69 Å². The summed E-state index contributed by atoms with van der Waals surface area (Å²) in [4.78, 5) is 11.0. The SMILES string of the molecule is Cc1ccc(-c2ccc(=O)[nH]n2)cc1NCC(O)CCl. The van der Waals surface area contributed by atoms with Crippen LogP contribution in [0.1, 0.15) is 5.56 Å². The summed E-state index contributed by atoms with van der Waals surface area (Å²) in [6.45, 7) is 2.35. The number of anilines is 1.